The van der Waals surface area contributed by atoms with Gasteiger partial charge in [-0.1, -0.05) is 12.1 Å². The summed E-state index contributed by atoms with van der Waals surface area (Å²) in [6.07, 6.45) is 0. The fourth-order valence-electron chi connectivity index (χ4n) is 2.08. The maximum Gasteiger partial charge on any atom is 0.338 e. The average molecular weight is 248 g/mol. The zero-order valence-electron chi connectivity index (χ0n) is 10.9. The van der Waals surface area contributed by atoms with Crippen LogP contribution in [0.25, 0.3) is 0 Å². The Bertz CT molecular complexity index is 395. The van der Waals surface area contributed by atoms with Crippen molar-refractivity contribution >= 4 is 5.97 Å². The van der Waals surface area contributed by atoms with Gasteiger partial charge in [0.05, 0.1) is 12.2 Å². The van der Waals surface area contributed by atoms with Crippen molar-refractivity contribution in [3.63, 3.8) is 0 Å². The number of esters is 1. The van der Waals surface area contributed by atoms with Gasteiger partial charge in [0.1, 0.15) is 0 Å². The minimum absolute atomic E-state index is 0.257. The molecule has 4 nitrogen and oxygen atoms in total. The molecular weight excluding hydrogens is 228 g/mol. The van der Waals surface area contributed by atoms with E-state index in [0.29, 0.717) is 24.3 Å². The highest BCUT2D eigenvalue weighted by Gasteiger charge is 2.18. The highest BCUT2D eigenvalue weighted by atomic mass is 16.5. The van der Waals surface area contributed by atoms with Crippen LogP contribution < -0.4 is 10.6 Å². The van der Waals surface area contributed by atoms with E-state index in [1.165, 1.54) is 5.56 Å². The van der Waals surface area contributed by atoms with Crippen molar-refractivity contribution in [2.75, 3.05) is 19.7 Å². The molecular formula is C14H20N2O2. The van der Waals surface area contributed by atoms with Gasteiger partial charge in [-0.05, 0) is 31.5 Å². The SMILES string of the molecule is CCOC(=O)c1ccc([C@@H]2CN[C@@H](C)CN2)cc1. The fourth-order valence-corrected chi connectivity index (χ4v) is 2.08. The summed E-state index contributed by atoms with van der Waals surface area (Å²) in [5, 5.41) is 6.91. The highest BCUT2D eigenvalue weighted by Crippen LogP contribution is 2.16. The van der Waals surface area contributed by atoms with Crippen LogP contribution in [0.4, 0.5) is 0 Å². The van der Waals surface area contributed by atoms with Crippen LogP contribution in [0.5, 0.6) is 0 Å². The molecule has 0 bridgehead atoms. The van der Waals surface area contributed by atoms with Crippen LogP contribution in [0.15, 0.2) is 24.3 Å². The molecule has 0 aliphatic carbocycles. The molecule has 1 aromatic rings. The van der Waals surface area contributed by atoms with Gasteiger partial charge in [0, 0.05) is 25.2 Å². The van der Waals surface area contributed by atoms with Crippen molar-refractivity contribution in [3.8, 4) is 0 Å². The molecule has 18 heavy (non-hydrogen) atoms. The lowest BCUT2D eigenvalue weighted by Crippen LogP contribution is -2.48. The van der Waals surface area contributed by atoms with Crippen molar-refractivity contribution in [2.45, 2.75) is 25.9 Å². The summed E-state index contributed by atoms with van der Waals surface area (Å²) in [4.78, 5) is 11.5. The highest BCUT2D eigenvalue weighted by molar-refractivity contribution is 5.89. The molecule has 2 rings (SSSR count). The molecule has 1 saturated heterocycles. The summed E-state index contributed by atoms with van der Waals surface area (Å²) in [6.45, 7) is 6.26. The molecule has 0 spiro atoms. The fraction of sp³-hybridized carbons (Fsp3) is 0.500. The number of carbonyl (C=O) groups excluding carboxylic acids is 1. The lowest BCUT2D eigenvalue weighted by molar-refractivity contribution is 0.0526. The number of benzene rings is 1. The van der Waals surface area contributed by atoms with E-state index in [-0.39, 0.29) is 5.97 Å². The van der Waals surface area contributed by atoms with Gasteiger partial charge in [0.15, 0.2) is 0 Å². The first kappa shape index (κ1) is 13.1. The molecule has 2 atom stereocenters. The molecule has 1 aromatic carbocycles. The third-order valence-corrected chi connectivity index (χ3v) is 3.17. The van der Waals surface area contributed by atoms with Crippen LogP contribution in [0.3, 0.4) is 0 Å². The van der Waals surface area contributed by atoms with Crippen LogP contribution in [-0.2, 0) is 4.74 Å². The molecule has 1 aliphatic rings. The summed E-state index contributed by atoms with van der Waals surface area (Å²) in [5.41, 5.74) is 1.81. The van der Waals surface area contributed by atoms with Gasteiger partial charge in [-0.15, -0.1) is 0 Å². The maximum absolute atomic E-state index is 11.5. The van der Waals surface area contributed by atoms with Gasteiger partial charge in [-0.25, -0.2) is 4.79 Å². The molecule has 98 valence electrons. The van der Waals surface area contributed by atoms with Crippen molar-refractivity contribution in [2.24, 2.45) is 0 Å². The molecule has 0 unspecified atom stereocenters. The first-order valence-corrected chi connectivity index (χ1v) is 6.44. The number of hydrogen-bond acceptors (Lipinski definition) is 4. The molecule has 0 aromatic heterocycles. The number of rotatable bonds is 3. The second-order valence-electron chi connectivity index (χ2n) is 4.61. The van der Waals surface area contributed by atoms with Gasteiger partial charge < -0.3 is 15.4 Å². The topological polar surface area (TPSA) is 50.4 Å². The van der Waals surface area contributed by atoms with E-state index < -0.39 is 0 Å². The molecule has 1 aliphatic heterocycles. The van der Waals surface area contributed by atoms with Crippen molar-refractivity contribution < 1.29 is 9.53 Å². The van der Waals surface area contributed by atoms with Gasteiger partial charge in [0.25, 0.3) is 0 Å². The van der Waals surface area contributed by atoms with E-state index in [4.69, 9.17) is 4.74 Å². The minimum Gasteiger partial charge on any atom is -0.462 e. The van der Waals surface area contributed by atoms with Crippen LogP contribution in [0.1, 0.15) is 35.8 Å². The maximum atomic E-state index is 11.5. The third kappa shape index (κ3) is 3.09. The van der Waals surface area contributed by atoms with E-state index in [1.54, 1.807) is 0 Å². The summed E-state index contributed by atoms with van der Waals surface area (Å²) < 4.78 is 4.96. The van der Waals surface area contributed by atoms with E-state index >= 15 is 0 Å². The first-order valence-electron chi connectivity index (χ1n) is 6.44. The summed E-state index contributed by atoms with van der Waals surface area (Å²) in [5.74, 6) is -0.257. The molecule has 1 fully saturated rings. The summed E-state index contributed by atoms with van der Waals surface area (Å²) >= 11 is 0. The lowest BCUT2D eigenvalue weighted by Gasteiger charge is -2.29. The smallest absolute Gasteiger partial charge is 0.338 e. The van der Waals surface area contributed by atoms with E-state index in [1.807, 2.05) is 31.2 Å². The number of hydrogen-bond donors (Lipinski definition) is 2. The Hall–Kier alpha value is -1.39. The van der Waals surface area contributed by atoms with E-state index in [2.05, 4.69) is 17.6 Å². The van der Waals surface area contributed by atoms with Gasteiger partial charge in [-0.2, -0.15) is 0 Å². The van der Waals surface area contributed by atoms with Gasteiger partial charge >= 0.3 is 5.97 Å². The molecule has 0 radical (unpaired) electrons. The Morgan fingerprint density at radius 3 is 2.56 bits per heavy atom. The van der Waals surface area contributed by atoms with Crippen molar-refractivity contribution in [1.82, 2.24) is 10.6 Å². The lowest BCUT2D eigenvalue weighted by atomic mass is 10.0. The van der Waals surface area contributed by atoms with Crippen LogP contribution >= 0.6 is 0 Å². The van der Waals surface area contributed by atoms with Gasteiger partial charge in [-0.3, -0.25) is 0 Å². The minimum atomic E-state index is -0.257. The van der Waals surface area contributed by atoms with E-state index in [9.17, 15) is 4.79 Å². The molecule has 1 heterocycles. The molecule has 4 heteroatoms. The van der Waals surface area contributed by atoms with E-state index in [0.717, 1.165) is 13.1 Å². The Balaban J connectivity index is 2.01. The quantitative estimate of drug-likeness (QED) is 0.796. The second kappa shape index (κ2) is 5.98. The normalized spacial score (nSPS) is 23.7. The largest absolute Gasteiger partial charge is 0.462 e. The average Bonchev–Trinajstić information content (AvgIpc) is 2.40. The first-order chi connectivity index (χ1) is 8.70. The number of piperazine rings is 1. The number of carbonyl (C=O) groups is 1. The Morgan fingerprint density at radius 1 is 1.28 bits per heavy atom. The standard InChI is InChI=1S/C14H20N2O2/c1-3-18-14(17)12-6-4-11(5-7-12)13-9-15-10(2)8-16-13/h4-7,10,13,15-16H,3,8-9H2,1-2H3/t10-,13-/m0/s1. The monoisotopic (exact) mass is 248 g/mol. The Kier molecular flexibility index (Phi) is 4.33. The Morgan fingerprint density at radius 2 is 2.00 bits per heavy atom. The predicted molar refractivity (Wildman–Crippen MR) is 70.6 cm³/mol. The molecule has 2 N–H and O–H groups in total. The van der Waals surface area contributed by atoms with Crippen LogP contribution in [-0.4, -0.2) is 31.7 Å². The zero-order valence-corrected chi connectivity index (χ0v) is 10.9. The van der Waals surface area contributed by atoms with Crippen molar-refractivity contribution in [3.05, 3.63) is 35.4 Å². The Labute approximate surface area is 108 Å². The van der Waals surface area contributed by atoms with Crippen molar-refractivity contribution in [1.29, 1.82) is 0 Å². The van der Waals surface area contributed by atoms with Crippen LogP contribution in [0.2, 0.25) is 0 Å². The summed E-state index contributed by atoms with van der Waals surface area (Å²) in [6, 6.07) is 8.46. The van der Waals surface area contributed by atoms with Crippen LogP contribution in [0, 0.1) is 0 Å². The zero-order chi connectivity index (χ0) is 13.0. The molecule has 0 saturated carbocycles. The predicted octanol–water partition coefficient (Wildman–Crippen LogP) is 1.49. The number of nitrogens with one attached hydrogen (secondary N) is 2. The number of ether oxygens (including phenoxy) is 1. The van der Waals surface area contributed by atoms with Gasteiger partial charge in [0.2, 0.25) is 0 Å². The second-order valence-corrected chi connectivity index (χ2v) is 4.61. The third-order valence-electron chi connectivity index (χ3n) is 3.17. The molecule has 0 amide bonds. The summed E-state index contributed by atoms with van der Waals surface area (Å²) in [7, 11) is 0.